The van der Waals surface area contributed by atoms with Gasteiger partial charge in [-0.15, -0.1) is 0 Å². The molecule has 3 amide bonds. The van der Waals surface area contributed by atoms with Crippen LogP contribution in [0.15, 0.2) is 69.6 Å². The second-order valence-corrected chi connectivity index (χ2v) is 10.3. The van der Waals surface area contributed by atoms with E-state index < -0.39 is 32.0 Å². The lowest BCUT2D eigenvalue weighted by Crippen LogP contribution is -2.39. The Labute approximate surface area is 236 Å². The molecule has 7 N–H and O–H groups in total. The number of nitrogens with one attached hydrogen (secondary N) is 1. The van der Waals surface area contributed by atoms with Crippen LogP contribution >= 0.6 is 31.9 Å². The van der Waals surface area contributed by atoms with E-state index in [4.69, 9.17) is 5.73 Å². The standard InChI is InChI=1S/C24H23B2Br2N3O7/c27-20-7-16(5-18(9-20)25(35)36)23(33)30-11-14-1-3-15(4-2-14)12-31(13-22(29)32)24(34)17-6-19(26(37)38)10-21(28)8-17/h1-10,35-38H,11-13H2,(H2,29,32)(H,30,33). The van der Waals surface area contributed by atoms with E-state index in [1.807, 2.05) is 0 Å². The molecule has 0 aliphatic heterocycles. The Kier molecular flexibility index (Phi) is 10.3. The van der Waals surface area contributed by atoms with Gasteiger partial charge in [0.05, 0.1) is 6.54 Å². The van der Waals surface area contributed by atoms with Crippen LogP contribution in [0.5, 0.6) is 0 Å². The number of carbonyl (C=O) groups is 3. The first-order valence-corrected chi connectivity index (χ1v) is 12.8. The van der Waals surface area contributed by atoms with Crippen molar-refractivity contribution in [1.29, 1.82) is 0 Å². The van der Waals surface area contributed by atoms with Crippen molar-refractivity contribution in [3.8, 4) is 0 Å². The number of benzene rings is 3. The molecular formula is C24H23B2Br2N3O7. The highest BCUT2D eigenvalue weighted by atomic mass is 79.9. The second-order valence-electron chi connectivity index (χ2n) is 8.42. The predicted molar refractivity (Wildman–Crippen MR) is 149 cm³/mol. The Morgan fingerprint density at radius 1 is 0.789 bits per heavy atom. The Balaban J connectivity index is 1.70. The molecule has 14 heteroatoms. The van der Waals surface area contributed by atoms with Crippen molar-refractivity contribution in [2.75, 3.05) is 6.54 Å². The van der Waals surface area contributed by atoms with Crippen LogP contribution in [0.2, 0.25) is 0 Å². The fourth-order valence-electron chi connectivity index (χ4n) is 3.61. The molecule has 3 aromatic carbocycles. The maximum atomic E-state index is 13.1. The molecule has 3 aromatic rings. The van der Waals surface area contributed by atoms with E-state index in [2.05, 4.69) is 37.2 Å². The molecule has 0 saturated carbocycles. The van der Waals surface area contributed by atoms with E-state index in [1.165, 1.54) is 35.2 Å². The van der Waals surface area contributed by atoms with Gasteiger partial charge in [0.2, 0.25) is 5.91 Å². The van der Waals surface area contributed by atoms with E-state index in [9.17, 15) is 34.5 Å². The number of carbonyl (C=O) groups excluding carboxylic acids is 3. The van der Waals surface area contributed by atoms with Crippen molar-refractivity contribution in [2.24, 2.45) is 5.73 Å². The van der Waals surface area contributed by atoms with Crippen LogP contribution in [-0.2, 0) is 17.9 Å². The minimum atomic E-state index is -1.77. The van der Waals surface area contributed by atoms with E-state index >= 15 is 0 Å². The monoisotopic (exact) mass is 645 g/mol. The van der Waals surface area contributed by atoms with Crippen molar-refractivity contribution in [1.82, 2.24) is 10.2 Å². The zero-order valence-corrected chi connectivity index (χ0v) is 23.0. The summed E-state index contributed by atoms with van der Waals surface area (Å²) in [7, 11) is -3.48. The lowest BCUT2D eigenvalue weighted by atomic mass is 9.79. The summed E-state index contributed by atoms with van der Waals surface area (Å²) < 4.78 is 0.989. The molecule has 3 rings (SSSR count). The minimum Gasteiger partial charge on any atom is -0.423 e. The topological polar surface area (TPSA) is 173 Å². The largest absolute Gasteiger partial charge is 0.488 e. The number of halogens is 2. The van der Waals surface area contributed by atoms with Crippen LogP contribution in [0.25, 0.3) is 0 Å². The number of hydrogen-bond acceptors (Lipinski definition) is 7. The third-order valence-electron chi connectivity index (χ3n) is 5.43. The van der Waals surface area contributed by atoms with Crippen LogP contribution < -0.4 is 22.0 Å². The lowest BCUT2D eigenvalue weighted by molar-refractivity contribution is -0.118. The quantitative estimate of drug-likeness (QED) is 0.163. The third-order valence-corrected chi connectivity index (χ3v) is 6.34. The van der Waals surface area contributed by atoms with Gasteiger partial charge in [0, 0.05) is 33.2 Å². The van der Waals surface area contributed by atoms with Crippen LogP contribution in [0.1, 0.15) is 31.8 Å². The summed E-state index contributed by atoms with van der Waals surface area (Å²) in [5.74, 6) is -1.64. The molecule has 0 aromatic heterocycles. The third kappa shape index (κ3) is 8.25. The fraction of sp³-hybridized carbons (Fsp3) is 0.125. The Morgan fingerprint density at radius 2 is 1.29 bits per heavy atom. The number of primary amides is 1. The van der Waals surface area contributed by atoms with Gasteiger partial charge in [-0.25, -0.2) is 0 Å². The van der Waals surface area contributed by atoms with Gasteiger partial charge in [-0.05, 0) is 58.5 Å². The molecule has 0 heterocycles. The summed E-state index contributed by atoms with van der Waals surface area (Å²) in [5, 5.41) is 40.5. The molecule has 0 bridgehead atoms. The Bertz CT molecular complexity index is 1340. The van der Waals surface area contributed by atoms with Gasteiger partial charge in [-0.1, -0.05) is 56.1 Å². The molecule has 0 atom stereocenters. The molecule has 38 heavy (non-hydrogen) atoms. The highest BCUT2D eigenvalue weighted by Crippen LogP contribution is 2.16. The van der Waals surface area contributed by atoms with Crippen LogP contribution in [0.4, 0.5) is 0 Å². The van der Waals surface area contributed by atoms with Crippen LogP contribution in [-0.4, -0.2) is 63.5 Å². The number of amides is 3. The average molecular weight is 647 g/mol. The van der Waals surface area contributed by atoms with Crippen molar-refractivity contribution in [2.45, 2.75) is 13.1 Å². The highest BCUT2D eigenvalue weighted by molar-refractivity contribution is 9.10. The summed E-state index contributed by atoms with van der Waals surface area (Å²) in [4.78, 5) is 38.6. The predicted octanol–water partition coefficient (Wildman–Crippen LogP) is -0.371. The summed E-state index contributed by atoms with van der Waals surface area (Å²) in [6.45, 7) is -0.101. The zero-order valence-electron chi connectivity index (χ0n) is 19.8. The van der Waals surface area contributed by atoms with Gasteiger partial charge in [0.15, 0.2) is 0 Å². The number of nitrogens with zero attached hydrogens (tertiary/aromatic N) is 1. The van der Waals surface area contributed by atoms with Crippen molar-refractivity contribution in [3.63, 3.8) is 0 Å². The van der Waals surface area contributed by atoms with E-state index in [0.29, 0.717) is 14.5 Å². The summed E-state index contributed by atoms with van der Waals surface area (Å²) in [6.07, 6.45) is 0. The molecule has 0 spiro atoms. The van der Waals surface area contributed by atoms with Gasteiger partial charge in [0.1, 0.15) is 0 Å². The fourth-order valence-corrected chi connectivity index (χ4v) is 4.64. The molecule has 10 nitrogen and oxygen atoms in total. The molecule has 196 valence electrons. The molecule has 0 saturated heterocycles. The molecular weight excluding hydrogens is 624 g/mol. The first-order chi connectivity index (χ1) is 17.9. The molecule has 0 aliphatic rings. The second kappa shape index (κ2) is 13.2. The van der Waals surface area contributed by atoms with E-state index in [-0.39, 0.29) is 41.7 Å². The van der Waals surface area contributed by atoms with Crippen LogP contribution in [0.3, 0.4) is 0 Å². The average Bonchev–Trinajstić information content (AvgIpc) is 2.86. The minimum absolute atomic E-state index is 0.0578. The number of hydrogen-bond donors (Lipinski definition) is 6. The maximum Gasteiger partial charge on any atom is 0.488 e. The Hall–Kier alpha value is -3.00. The van der Waals surface area contributed by atoms with Gasteiger partial charge >= 0.3 is 14.2 Å². The molecule has 0 radical (unpaired) electrons. The maximum absolute atomic E-state index is 13.1. The summed E-state index contributed by atoms with van der Waals surface area (Å²) in [6, 6.07) is 15.7. The first kappa shape index (κ1) is 29.6. The lowest BCUT2D eigenvalue weighted by Gasteiger charge is -2.22. The normalized spacial score (nSPS) is 10.6. The SMILES string of the molecule is NC(=O)CN(Cc1ccc(CNC(=O)c2cc(Br)cc(B(O)O)c2)cc1)C(=O)c1cc(Br)cc(B(O)O)c1. The first-order valence-electron chi connectivity index (χ1n) is 11.2. The molecule has 0 fully saturated rings. The van der Waals surface area contributed by atoms with Crippen molar-refractivity contribution >= 4 is 74.7 Å². The van der Waals surface area contributed by atoms with Gasteiger partial charge in [-0.3, -0.25) is 14.4 Å². The molecule has 0 unspecified atom stereocenters. The van der Waals surface area contributed by atoms with E-state index in [1.54, 1.807) is 30.3 Å². The van der Waals surface area contributed by atoms with Crippen LogP contribution in [0, 0.1) is 0 Å². The zero-order chi connectivity index (χ0) is 28.0. The van der Waals surface area contributed by atoms with E-state index in [0.717, 1.165) is 5.56 Å². The number of nitrogens with two attached hydrogens (primary N) is 1. The van der Waals surface area contributed by atoms with Gasteiger partial charge < -0.3 is 36.0 Å². The molecule has 0 aliphatic carbocycles. The summed E-state index contributed by atoms with van der Waals surface area (Å²) in [5.41, 5.74) is 7.50. The summed E-state index contributed by atoms with van der Waals surface area (Å²) >= 11 is 6.48. The smallest absolute Gasteiger partial charge is 0.423 e. The van der Waals surface area contributed by atoms with Crippen molar-refractivity contribution < 1.29 is 34.5 Å². The highest BCUT2D eigenvalue weighted by Gasteiger charge is 2.22. The van der Waals surface area contributed by atoms with Gasteiger partial charge in [0.25, 0.3) is 11.8 Å². The van der Waals surface area contributed by atoms with Gasteiger partial charge in [-0.2, -0.15) is 0 Å². The van der Waals surface area contributed by atoms with Crippen molar-refractivity contribution in [3.05, 3.63) is 91.9 Å². The Morgan fingerprint density at radius 3 is 1.82 bits per heavy atom. The number of rotatable bonds is 10.